The van der Waals surface area contributed by atoms with Gasteiger partial charge in [-0.2, -0.15) is 0 Å². The molecule has 1 radical (unpaired) electrons. The molecule has 1 heteroatoms. The first kappa shape index (κ1) is 10.7. The van der Waals surface area contributed by atoms with Gasteiger partial charge < -0.3 is 4.74 Å². The zero-order chi connectivity index (χ0) is 11.4. The summed E-state index contributed by atoms with van der Waals surface area (Å²) >= 11 is 0. The Morgan fingerprint density at radius 2 is 1.69 bits per heavy atom. The lowest BCUT2D eigenvalue weighted by molar-refractivity contribution is 0.425. The Balaban J connectivity index is 2.05. The smallest absolute Gasteiger partial charge is 0.165 e. The molecule has 0 heterocycles. The second-order valence-electron chi connectivity index (χ2n) is 3.92. The molecule has 0 amide bonds. The van der Waals surface area contributed by atoms with E-state index < -0.39 is 0 Å². The molecule has 0 aromatic heterocycles. The molecular formula is C15H15O. The Morgan fingerprint density at radius 3 is 2.38 bits per heavy atom. The fourth-order valence-corrected chi connectivity index (χ4v) is 1.59. The lowest BCUT2D eigenvalue weighted by atomic mass is 10.1. The molecule has 2 aromatic rings. The molecule has 2 aromatic carbocycles. The lowest BCUT2D eigenvalue weighted by Gasteiger charge is -2.08. The van der Waals surface area contributed by atoms with E-state index in [0.29, 0.717) is 0 Å². The van der Waals surface area contributed by atoms with Gasteiger partial charge in [0.1, 0.15) is 5.75 Å². The van der Waals surface area contributed by atoms with Crippen molar-refractivity contribution < 1.29 is 4.74 Å². The molecule has 0 saturated heterocycles. The van der Waals surface area contributed by atoms with Crippen molar-refractivity contribution in [2.45, 2.75) is 13.8 Å². The van der Waals surface area contributed by atoms with Crippen LogP contribution in [0.3, 0.4) is 0 Å². The first-order valence-corrected chi connectivity index (χ1v) is 5.38. The van der Waals surface area contributed by atoms with Gasteiger partial charge in [-0.1, -0.05) is 48.0 Å². The lowest BCUT2D eigenvalue weighted by Crippen LogP contribution is -1.94. The van der Waals surface area contributed by atoms with Crippen molar-refractivity contribution in [1.82, 2.24) is 0 Å². The minimum atomic E-state index is 0.912. The van der Waals surface area contributed by atoms with Gasteiger partial charge in [-0.25, -0.2) is 0 Å². The molecule has 0 unspecified atom stereocenters. The number of rotatable bonds is 3. The van der Waals surface area contributed by atoms with Crippen LogP contribution in [0, 0.1) is 20.5 Å². The fraction of sp³-hybridized carbons (Fsp3) is 0.133. The molecule has 0 spiro atoms. The molecule has 0 fully saturated rings. The van der Waals surface area contributed by atoms with Crippen LogP contribution < -0.4 is 4.74 Å². The van der Waals surface area contributed by atoms with Crippen molar-refractivity contribution in [3.8, 4) is 5.75 Å². The summed E-state index contributed by atoms with van der Waals surface area (Å²) < 4.78 is 5.65. The van der Waals surface area contributed by atoms with E-state index >= 15 is 0 Å². The summed E-state index contributed by atoms with van der Waals surface area (Å²) in [6.45, 7) is 5.91. The SMILES string of the molecule is Cc1ccc(O[CH]c2ccccc2)c(C)c1. The Hall–Kier alpha value is -1.76. The predicted molar refractivity (Wildman–Crippen MR) is 66.4 cm³/mol. The fourth-order valence-electron chi connectivity index (χ4n) is 1.59. The van der Waals surface area contributed by atoms with Crippen molar-refractivity contribution in [2.24, 2.45) is 0 Å². The van der Waals surface area contributed by atoms with Gasteiger partial charge in [0.15, 0.2) is 6.61 Å². The maximum absolute atomic E-state index is 5.65. The highest BCUT2D eigenvalue weighted by atomic mass is 16.5. The average Bonchev–Trinajstić information content (AvgIpc) is 2.29. The second kappa shape index (κ2) is 4.84. The molecule has 0 aliphatic heterocycles. The van der Waals surface area contributed by atoms with E-state index in [1.807, 2.05) is 36.4 Å². The molecule has 0 bridgehead atoms. The van der Waals surface area contributed by atoms with E-state index in [2.05, 4.69) is 26.0 Å². The second-order valence-corrected chi connectivity index (χ2v) is 3.92. The highest BCUT2D eigenvalue weighted by molar-refractivity contribution is 5.36. The monoisotopic (exact) mass is 211 g/mol. The summed E-state index contributed by atoms with van der Waals surface area (Å²) in [5.74, 6) is 0.912. The highest BCUT2D eigenvalue weighted by Gasteiger charge is 2.00. The van der Waals surface area contributed by atoms with Gasteiger partial charge in [0, 0.05) is 0 Å². The molecule has 0 saturated carbocycles. The molecule has 0 aliphatic carbocycles. The molecule has 2 rings (SSSR count). The standard InChI is InChI=1S/C15H15O/c1-12-8-9-15(13(2)10-12)16-11-14-6-4-3-5-7-14/h3-11H,1-2H3. The zero-order valence-corrected chi connectivity index (χ0v) is 9.60. The van der Waals surface area contributed by atoms with Gasteiger partial charge in [0.05, 0.1) is 0 Å². The quantitative estimate of drug-likeness (QED) is 0.748. The molecular weight excluding hydrogens is 196 g/mol. The van der Waals surface area contributed by atoms with Crippen molar-refractivity contribution in [1.29, 1.82) is 0 Å². The molecule has 0 aliphatic rings. The third kappa shape index (κ3) is 2.63. The molecule has 81 valence electrons. The van der Waals surface area contributed by atoms with Crippen LogP contribution >= 0.6 is 0 Å². The van der Waals surface area contributed by atoms with Crippen LogP contribution in [0.25, 0.3) is 0 Å². The maximum Gasteiger partial charge on any atom is 0.165 e. The highest BCUT2D eigenvalue weighted by Crippen LogP contribution is 2.20. The van der Waals surface area contributed by atoms with Crippen molar-refractivity contribution in [2.75, 3.05) is 0 Å². The van der Waals surface area contributed by atoms with Crippen LogP contribution in [0.4, 0.5) is 0 Å². The van der Waals surface area contributed by atoms with Crippen LogP contribution in [-0.4, -0.2) is 0 Å². The van der Waals surface area contributed by atoms with E-state index in [1.54, 1.807) is 6.61 Å². The van der Waals surface area contributed by atoms with Crippen molar-refractivity contribution in [3.63, 3.8) is 0 Å². The Labute approximate surface area is 96.7 Å². The van der Waals surface area contributed by atoms with Crippen LogP contribution in [0.2, 0.25) is 0 Å². The van der Waals surface area contributed by atoms with Crippen LogP contribution in [0.5, 0.6) is 5.75 Å². The number of hydrogen-bond acceptors (Lipinski definition) is 1. The van der Waals surface area contributed by atoms with Gasteiger partial charge in [0.2, 0.25) is 0 Å². The summed E-state index contributed by atoms with van der Waals surface area (Å²) in [4.78, 5) is 0. The Kier molecular flexibility index (Phi) is 3.25. The first-order valence-electron chi connectivity index (χ1n) is 5.38. The Bertz CT molecular complexity index is 460. The summed E-state index contributed by atoms with van der Waals surface area (Å²) in [6.07, 6.45) is 0. The minimum Gasteiger partial charge on any atom is -0.481 e. The van der Waals surface area contributed by atoms with E-state index in [-0.39, 0.29) is 0 Å². The number of hydrogen-bond donors (Lipinski definition) is 0. The summed E-state index contributed by atoms with van der Waals surface area (Å²) in [7, 11) is 0. The topological polar surface area (TPSA) is 9.23 Å². The van der Waals surface area contributed by atoms with Gasteiger partial charge in [0.25, 0.3) is 0 Å². The molecule has 1 nitrogen and oxygen atoms in total. The number of benzene rings is 2. The van der Waals surface area contributed by atoms with Crippen molar-refractivity contribution >= 4 is 0 Å². The third-order valence-electron chi connectivity index (χ3n) is 2.45. The largest absolute Gasteiger partial charge is 0.481 e. The minimum absolute atomic E-state index is 0.912. The zero-order valence-electron chi connectivity index (χ0n) is 9.60. The van der Waals surface area contributed by atoms with Gasteiger partial charge in [-0.05, 0) is 31.0 Å². The molecule has 0 N–H and O–H groups in total. The van der Waals surface area contributed by atoms with Gasteiger partial charge in [-0.3, -0.25) is 0 Å². The number of aryl methyl sites for hydroxylation is 2. The van der Waals surface area contributed by atoms with Crippen LogP contribution in [0.1, 0.15) is 16.7 Å². The predicted octanol–water partition coefficient (Wildman–Crippen LogP) is 3.89. The summed E-state index contributed by atoms with van der Waals surface area (Å²) in [5.41, 5.74) is 3.49. The average molecular weight is 211 g/mol. The molecule has 0 atom stereocenters. The normalized spacial score (nSPS) is 10.1. The van der Waals surface area contributed by atoms with Crippen molar-refractivity contribution in [3.05, 3.63) is 71.8 Å². The van der Waals surface area contributed by atoms with E-state index in [4.69, 9.17) is 4.74 Å². The third-order valence-corrected chi connectivity index (χ3v) is 2.45. The summed E-state index contributed by atoms with van der Waals surface area (Å²) in [5, 5.41) is 0. The number of ether oxygens (including phenoxy) is 1. The van der Waals surface area contributed by atoms with E-state index in [1.165, 1.54) is 5.56 Å². The van der Waals surface area contributed by atoms with Gasteiger partial charge in [-0.15, -0.1) is 0 Å². The van der Waals surface area contributed by atoms with Gasteiger partial charge >= 0.3 is 0 Å². The summed E-state index contributed by atoms with van der Waals surface area (Å²) in [6, 6.07) is 16.2. The van der Waals surface area contributed by atoms with E-state index in [9.17, 15) is 0 Å². The first-order chi connectivity index (χ1) is 7.75. The van der Waals surface area contributed by atoms with Crippen LogP contribution in [-0.2, 0) is 0 Å². The Morgan fingerprint density at radius 1 is 0.938 bits per heavy atom. The maximum atomic E-state index is 5.65. The molecule has 16 heavy (non-hydrogen) atoms. The van der Waals surface area contributed by atoms with Crippen LogP contribution in [0.15, 0.2) is 48.5 Å². The van der Waals surface area contributed by atoms with E-state index in [0.717, 1.165) is 16.9 Å².